The third-order valence-corrected chi connectivity index (χ3v) is 5.62. The number of fused-ring (bicyclic) bond motifs is 2. The van der Waals surface area contributed by atoms with Crippen LogP contribution in [0.1, 0.15) is 29.2 Å². The van der Waals surface area contributed by atoms with E-state index in [2.05, 4.69) is 30.4 Å². The standard InChI is InChI=1S/C22H14F2N8O3/c23-13-6-11-18(33)12(21(34)35)9-31(10-3-4-10)20(11)29-19(13)30-22-26-7-14(24)17(28-22)15-8-25-16-2-1-5-27-32(15)16/h1-2,5-10H,3-4H2,(H,34,35)(H,26,28,29,30). The maximum absolute atomic E-state index is 15.0. The molecule has 5 aromatic rings. The topological polar surface area (TPSA) is 140 Å². The zero-order valence-corrected chi connectivity index (χ0v) is 17.7. The van der Waals surface area contributed by atoms with Crippen LogP contribution in [-0.4, -0.2) is 45.2 Å². The van der Waals surface area contributed by atoms with Crippen LogP contribution in [0.3, 0.4) is 0 Å². The molecule has 11 nitrogen and oxygen atoms in total. The van der Waals surface area contributed by atoms with Gasteiger partial charge in [0.2, 0.25) is 11.4 Å². The lowest BCUT2D eigenvalue weighted by Crippen LogP contribution is -2.20. The molecular weight excluding hydrogens is 462 g/mol. The Kier molecular flexibility index (Phi) is 4.52. The summed E-state index contributed by atoms with van der Waals surface area (Å²) < 4.78 is 32.5. The number of imidazole rings is 1. The van der Waals surface area contributed by atoms with Crippen molar-refractivity contribution in [2.24, 2.45) is 0 Å². The van der Waals surface area contributed by atoms with E-state index >= 15 is 0 Å². The molecule has 2 N–H and O–H groups in total. The van der Waals surface area contributed by atoms with Gasteiger partial charge in [-0.05, 0) is 31.0 Å². The van der Waals surface area contributed by atoms with E-state index in [-0.39, 0.29) is 40.2 Å². The fourth-order valence-electron chi connectivity index (χ4n) is 3.82. The first kappa shape index (κ1) is 20.8. The molecule has 0 amide bonds. The molecule has 6 rings (SSSR count). The van der Waals surface area contributed by atoms with Crippen molar-refractivity contribution >= 4 is 34.4 Å². The molecule has 1 aliphatic carbocycles. The Labute approximate surface area is 193 Å². The third kappa shape index (κ3) is 3.44. The Morgan fingerprint density at radius 1 is 1.14 bits per heavy atom. The minimum atomic E-state index is -1.40. The maximum Gasteiger partial charge on any atom is 0.341 e. The summed E-state index contributed by atoms with van der Waals surface area (Å²) in [5.74, 6) is -3.52. The average molecular weight is 476 g/mol. The molecule has 0 spiro atoms. The lowest BCUT2D eigenvalue weighted by atomic mass is 10.2. The molecule has 0 aliphatic heterocycles. The maximum atomic E-state index is 15.0. The van der Waals surface area contributed by atoms with E-state index in [4.69, 9.17) is 0 Å². The Morgan fingerprint density at radius 2 is 1.97 bits per heavy atom. The molecule has 0 bridgehead atoms. The number of nitrogens with zero attached hydrogens (tertiary/aromatic N) is 7. The summed E-state index contributed by atoms with van der Waals surface area (Å²) in [4.78, 5) is 40.5. The van der Waals surface area contributed by atoms with Crippen molar-refractivity contribution < 1.29 is 18.7 Å². The van der Waals surface area contributed by atoms with Crippen molar-refractivity contribution in [1.29, 1.82) is 0 Å². The van der Waals surface area contributed by atoms with Crippen LogP contribution in [-0.2, 0) is 0 Å². The number of aromatic carboxylic acids is 1. The van der Waals surface area contributed by atoms with Gasteiger partial charge in [0.05, 0.1) is 17.8 Å². The highest BCUT2D eigenvalue weighted by molar-refractivity contribution is 5.92. The molecule has 0 radical (unpaired) electrons. The number of carbonyl (C=O) groups is 1. The summed E-state index contributed by atoms with van der Waals surface area (Å²) in [7, 11) is 0. The van der Waals surface area contributed by atoms with E-state index in [9.17, 15) is 23.5 Å². The van der Waals surface area contributed by atoms with Gasteiger partial charge in [0.1, 0.15) is 22.6 Å². The van der Waals surface area contributed by atoms with E-state index in [0.29, 0.717) is 5.65 Å². The molecule has 35 heavy (non-hydrogen) atoms. The van der Waals surface area contributed by atoms with Gasteiger partial charge in [-0.2, -0.15) is 5.10 Å². The molecule has 5 aromatic heterocycles. The largest absolute Gasteiger partial charge is 0.477 e. The van der Waals surface area contributed by atoms with Crippen LogP contribution in [0.2, 0.25) is 0 Å². The van der Waals surface area contributed by atoms with Gasteiger partial charge < -0.3 is 15.0 Å². The number of rotatable bonds is 5. The molecule has 5 heterocycles. The van der Waals surface area contributed by atoms with Gasteiger partial charge in [0.25, 0.3) is 0 Å². The van der Waals surface area contributed by atoms with Crippen molar-refractivity contribution in [2.45, 2.75) is 18.9 Å². The van der Waals surface area contributed by atoms with E-state index < -0.39 is 28.6 Å². The number of pyridine rings is 2. The second-order valence-electron chi connectivity index (χ2n) is 7.96. The summed E-state index contributed by atoms with van der Waals surface area (Å²) in [5.41, 5.74) is -0.534. The lowest BCUT2D eigenvalue weighted by Gasteiger charge is -2.13. The van der Waals surface area contributed by atoms with Gasteiger partial charge in [-0.15, -0.1) is 0 Å². The third-order valence-electron chi connectivity index (χ3n) is 5.62. The Balaban J connectivity index is 1.45. The zero-order chi connectivity index (χ0) is 24.3. The Morgan fingerprint density at radius 3 is 2.74 bits per heavy atom. The van der Waals surface area contributed by atoms with E-state index in [1.807, 2.05) is 0 Å². The number of carboxylic acids is 1. The van der Waals surface area contributed by atoms with Gasteiger partial charge in [-0.25, -0.2) is 38.0 Å². The molecule has 0 aromatic carbocycles. The van der Waals surface area contributed by atoms with Gasteiger partial charge in [-0.3, -0.25) is 4.79 Å². The average Bonchev–Trinajstić information content (AvgIpc) is 3.60. The summed E-state index contributed by atoms with van der Waals surface area (Å²) in [5, 5.41) is 16.0. The van der Waals surface area contributed by atoms with Gasteiger partial charge in [-0.1, -0.05) is 0 Å². The highest BCUT2D eigenvalue weighted by Crippen LogP contribution is 2.37. The monoisotopic (exact) mass is 476 g/mol. The van der Waals surface area contributed by atoms with Crippen molar-refractivity contribution in [3.05, 3.63) is 70.4 Å². The second-order valence-corrected chi connectivity index (χ2v) is 7.96. The predicted molar refractivity (Wildman–Crippen MR) is 118 cm³/mol. The first-order valence-electron chi connectivity index (χ1n) is 10.5. The van der Waals surface area contributed by atoms with Crippen LogP contribution < -0.4 is 10.7 Å². The first-order valence-corrected chi connectivity index (χ1v) is 10.5. The lowest BCUT2D eigenvalue weighted by molar-refractivity contribution is 0.0695. The summed E-state index contributed by atoms with van der Waals surface area (Å²) >= 11 is 0. The molecule has 0 saturated heterocycles. The smallest absolute Gasteiger partial charge is 0.341 e. The van der Waals surface area contributed by atoms with E-state index in [0.717, 1.165) is 25.1 Å². The summed E-state index contributed by atoms with van der Waals surface area (Å²) in [6.07, 6.45) is 6.61. The highest BCUT2D eigenvalue weighted by atomic mass is 19.1. The van der Waals surface area contributed by atoms with Crippen molar-refractivity contribution in [2.75, 3.05) is 5.32 Å². The number of nitrogens with one attached hydrogen (secondary N) is 1. The van der Waals surface area contributed by atoms with E-state index in [1.54, 1.807) is 16.7 Å². The molecule has 1 fully saturated rings. The zero-order valence-electron chi connectivity index (χ0n) is 17.7. The Hall–Kier alpha value is -4.81. The number of hydrogen-bond acceptors (Lipinski definition) is 8. The highest BCUT2D eigenvalue weighted by Gasteiger charge is 2.28. The summed E-state index contributed by atoms with van der Waals surface area (Å²) in [6.45, 7) is 0. The van der Waals surface area contributed by atoms with Crippen LogP contribution in [0.25, 0.3) is 28.1 Å². The molecule has 174 valence electrons. The van der Waals surface area contributed by atoms with Gasteiger partial charge in [0.15, 0.2) is 23.1 Å². The van der Waals surface area contributed by atoms with Crippen molar-refractivity contribution in [3.8, 4) is 11.4 Å². The minimum Gasteiger partial charge on any atom is -0.477 e. The van der Waals surface area contributed by atoms with Crippen LogP contribution in [0.15, 0.2) is 47.8 Å². The van der Waals surface area contributed by atoms with Crippen LogP contribution in [0.5, 0.6) is 0 Å². The molecular formula is C22H14F2N8O3. The normalized spacial score (nSPS) is 13.4. The summed E-state index contributed by atoms with van der Waals surface area (Å²) in [6, 6.07) is 4.26. The van der Waals surface area contributed by atoms with Crippen LogP contribution in [0, 0.1) is 11.6 Å². The van der Waals surface area contributed by atoms with Crippen LogP contribution in [0.4, 0.5) is 20.5 Å². The fraction of sp³-hybridized carbons (Fsp3) is 0.136. The van der Waals surface area contributed by atoms with Crippen molar-refractivity contribution in [3.63, 3.8) is 0 Å². The number of anilines is 2. The predicted octanol–water partition coefficient (Wildman–Crippen LogP) is 2.95. The number of halogens is 2. The first-order chi connectivity index (χ1) is 16.9. The number of carboxylic acid groups (broad SMARTS) is 1. The molecule has 1 aliphatic rings. The van der Waals surface area contributed by atoms with Crippen LogP contribution >= 0.6 is 0 Å². The molecule has 0 unspecified atom stereocenters. The molecule has 0 atom stereocenters. The number of aromatic nitrogens is 7. The van der Waals surface area contributed by atoms with E-state index in [1.165, 1.54) is 23.1 Å². The van der Waals surface area contributed by atoms with Gasteiger partial charge in [0, 0.05) is 18.4 Å². The van der Waals surface area contributed by atoms with Gasteiger partial charge >= 0.3 is 5.97 Å². The second kappa shape index (κ2) is 7.62. The quantitative estimate of drug-likeness (QED) is 0.392. The SMILES string of the molecule is O=C(O)c1cn(C2CC2)c2nc(Nc3ncc(F)c(-c4cnc5cccnn45)n3)c(F)cc2c1=O. The minimum absolute atomic E-state index is 0.0432. The Bertz CT molecular complexity index is 1730. The van der Waals surface area contributed by atoms with Crippen molar-refractivity contribution in [1.82, 2.24) is 34.1 Å². The molecule has 1 saturated carbocycles. The number of hydrogen-bond donors (Lipinski definition) is 2. The molecule has 13 heteroatoms. The fourth-order valence-corrected chi connectivity index (χ4v) is 3.82.